The van der Waals surface area contributed by atoms with Crippen LogP contribution >= 0.6 is 11.3 Å². The molecule has 0 saturated heterocycles. The number of rotatable bonds is 7. The van der Waals surface area contributed by atoms with Crippen LogP contribution in [0.3, 0.4) is 0 Å². The van der Waals surface area contributed by atoms with Crippen LogP contribution in [0.25, 0.3) is 22.0 Å². The number of pyridine rings is 1. The topological polar surface area (TPSA) is 64.1 Å². The molecule has 2 aromatic heterocycles. The van der Waals surface area contributed by atoms with E-state index in [9.17, 15) is 4.79 Å². The van der Waals surface area contributed by atoms with Gasteiger partial charge in [0.15, 0.2) is 6.61 Å². The minimum atomic E-state index is -0.203. The Labute approximate surface area is 179 Å². The highest BCUT2D eigenvalue weighted by atomic mass is 32.1. The minimum Gasteiger partial charge on any atom is -0.483 e. The average molecular weight is 416 g/mol. The number of hydrogen-bond acceptors (Lipinski definition) is 5. The third kappa shape index (κ3) is 4.72. The molecule has 2 aromatic carbocycles. The summed E-state index contributed by atoms with van der Waals surface area (Å²) in [6.45, 7) is 2.02. The number of thiazole rings is 1. The molecule has 4 aromatic rings. The van der Waals surface area contributed by atoms with Crippen molar-refractivity contribution in [2.75, 3.05) is 11.9 Å². The average Bonchev–Trinajstić information content (AvgIpc) is 3.29. The lowest BCUT2D eigenvalue weighted by atomic mass is 10.1. The van der Waals surface area contributed by atoms with Crippen LogP contribution < -0.4 is 10.1 Å². The highest BCUT2D eigenvalue weighted by Gasteiger charge is 2.10. The third-order valence-electron chi connectivity index (χ3n) is 4.54. The summed E-state index contributed by atoms with van der Waals surface area (Å²) in [4.78, 5) is 21.4. The Morgan fingerprint density at radius 2 is 1.90 bits per heavy atom. The van der Waals surface area contributed by atoms with Gasteiger partial charge in [0.2, 0.25) is 0 Å². The molecule has 0 radical (unpaired) electrons. The molecule has 1 amide bonds. The van der Waals surface area contributed by atoms with Gasteiger partial charge in [-0.25, -0.2) is 4.98 Å². The van der Waals surface area contributed by atoms with Crippen molar-refractivity contribution < 1.29 is 9.53 Å². The van der Waals surface area contributed by atoms with Gasteiger partial charge in [0.05, 0.1) is 11.4 Å². The number of aromatic nitrogens is 2. The lowest BCUT2D eigenvalue weighted by Crippen LogP contribution is -2.20. The number of carbonyl (C=O) groups excluding carboxylic acids is 1. The first-order chi connectivity index (χ1) is 14.7. The van der Waals surface area contributed by atoms with Crippen LogP contribution in [0, 0.1) is 0 Å². The van der Waals surface area contributed by atoms with Crippen LogP contribution in [0.4, 0.5) is 5.69 Å². The normalized spacial score (nSPS) is 10.6. The van der Waals surface area contributed by atoms with Gasteiger partial charge in [0.25, 0.3) is 5.91 Å². The van der Waals surface area contributed by atoms with Gasteiger partial charge in [-0.2, -0.15) is 0 Å². The van der Waals surface area contributed by atoms with Crippen molar-refractivity contribution in [3.8, 4) is 27.7 Å². The summed E-state index contributed by atoms with van der Waals surface area (Å²) < 4.78 is 5.70. The van der Waals surface area contributed by atoms with Crippen molar-refractivity contribution >= 4 is 22.9 Å². The second-order valence-corrected chi connectivity index (χ2v) is 7.49. The first kappa shape index (κ1) is 19.8. The van der Waals surface area contributed by atoms with Crippen molar-refractivity contribution in [2.24, 2.45) is 0 Å². The van der Waals surface area contributed by atoms with E-state index in [0.717, 1.165) is 39.7 Å². The van der Waals surface area contributed by atoms with E-state index in [-0.39, 0.29) is 12.5 Å². The Morgan fingerprint density at radius 3 is 2.73 bits per heavy atom. The molecule has 5 nitrogen and oxygen atoms in total. The van der Waals surface area contributed by atoms with Crippen molar-refractivity contribution in [3.05, 3.63) is 83.9 Å². The van der Waals surface area contributed by atoms with Gasteiger partial charge in [-0.3, -0.25) is 9.78 Å². The number of ether oxygens (including phenoxy) is 1. The van der Waals surface area contributed by atoms with Crippen molar-refractivity contribution in [3.63, 3.8) is 0 Å². The summed E-state index contributed by atoms with van der Waals surface area (Å²) in [5.74, 6) is 0.541. The first-order valence-corrected chi connectivity index (χ1v) is 10.6. The summed E-state index contributed by atoms with van der Waals surface area (Å²) in [5.41, 5.74) is 4.42. The molecule has 6 heteroatoms. The Hall–Kier alpha value is -3.51. The van der Waals surface area contributed by atoms with Crippen LogP contribution in [-0.4, -0.2) is 22.5 Å². The monoisotopic (exact) mass is 415 g/mol. The molecule has 0 fully saturated rings. The van der Waals surface area contributed by atoms with Crippen LogP contribution in [0.2, 0.25) is 0 Å². The van der Waals surface area contributed by atoms with Crippen molar-refractivity contribution in [1.82, 2.24) is 9.97 Å². The summed E-state index contributed by atoms with van der Waals surface area (Å²) in [6.07, 6.45) is 2.61. The van der Waals surface area contributed by atoms with Crippen molar-refractivity contribution in [1.29, 1.82) is 0 Å². The molecule has 0 unspecified atom stereocenters. The van der Waals surface area contributed by atoms with E-state index in [1.807, 2.05) is 72.1 Å². The highest BCUT2D eigenvalue weighted by Crippen LogP contribution is 2.29. The molecule has 0 aliphatic rings. The highest BCUT2D eigenvalue weighted by molar-refractivity contribution is 7.13. The summed E-state index contributed by atoms with van der Waals surface area (Å²) >= 11 is 1.55. The second-order valence-electron chi connectivity index (χ2n) is 6.63. The Kier molecular flexibility index (Phi) is 6.15. The molecule has 0 aliphatic heterocycles. The predicted molar refractivity (Wildman–Crippen MR) is 121 cm³/mol. The number of aryl methyl sites for hydroxylation is 1. The number of benzene rings is 2. The molecule has 4 rings (SSSR count). The SMILES string of the molecule is CCc1ccccc1OCC(=O)Nc1cccc(-c2csc(-c3ccccn3)n2)c1. The van der Waals surface area contributed by atoms with Gasteiger partial charge in [0, 0.05) is 22.8 Å². The van der Waals surface area contributed by atoms with E-state index in [1.165, 1.54) is 0 Å². The second kappa shape index (κ2) is 9.33. The van der Waals surface area contributed by atoms with Gasteiger partial charge >= 0.3 is 0 Å². The fraction of sp³-hybridized carbons (Fsp3) is 0.125. The molecule has 1 N–H and O–H groups in total. The number of carbonyl (C=O) groups is 1. The van der Waals surface area contributed by atoms with Crippen molar-refractivity contribution in [2.45, 2.75) is 13.3 Å². The maximum atomic E-state index is 12.4. The van der Waals surface area contributed by atoms with E-state index in [0.29, 0.717) is 5.69 Å². The zero-order valence-corrected chi connectivity index (χ0v) is 17.4. The van der Waals surface area contributed by atoms with Crippen LogP contribution in [-0.2, 0) is 11.2 Å². The van der Waals surface area contributed by atoms with Crippen LogP contribution in [0.5, 0.6) is 5.75 Å². The maximum absolute atomic E-state index is 12.4. The van der Waals surface area contributed by atoms with E-state index in [2.05, 4.69) is 22.2 Å². The standard InChI is InChI=1S/C24H21N3O2S/c1-2-17-8-3-4-12-22(17)29-15-23(28)26-19-10-7-9-18(14-19)21-16-30-24(27-21)20-11-5-6-13-25-20/h3-14,16H,2,15H2,1H3,(H,26,28). The van der Waals surface area contributed by atoms with E-state index in [4.69, 9.17) is 4.74 Å². The number of para-hydroxylation sites is 1. The van der Waals surface area contributed by atoms with Gasteiger partial charge in [0.1, 0.15) is 10.8 Å². The third-order valence-corrected chi connectivity index (χ3v) is 5.41. The van der Waals surface area contributed by atoms with E-state index < -0.39 is 0 Å². The molecular weight excluding hydrogens is 394 g/mol. The molecular formula is C24H21N3O2S. The fourth-order valence-electron chi connectivity index (χ4n) is 3.05. The molecule has 0 aliphatic carbocycles. The lowest BCUT2D eigenvalue weighted by Gasteiger charge is -2.11. The summed E-state index contributed by atoms with van der Waals surface area (Å²) in [6, 6.07) is 21.2. The molecule has 30 heavy (non-hydrogen) atoms. The summed E-state index contributed by atoms with van der Waals surface area (Å²) in [7, 11) is 0. The predicted octanol–water partition coefficient (Wildman–Crippen LogP) is 5.45. The molecule has 150 valence electrons. The minimum absolute atomic E-state index is 0.0399. The zero-order valence-electron chi connectivity index (χ0n) is 16.5. The van der Waals surface area contributed by atoms with Gasteiger partial charge < -0.3 is 10.1 Å². The first-order valence-electron chi connectivity index (χ1n) is 9.71. The summed E-state index contributed by atoms with van der Waals surface area (Å²) in [5, 5.41) is 5.76. The van der Waals surface area contributed by atoms with Gasteiger partial charge in [-0.1, -0.05) is 43.3 Å². The Balaban J connectivity index is 1.42. The number of nitrogens with one attached hydrogen (secondary N) is 1. The fourth-order valence-corrected chi connectivity index (χ4v) is 3.85. The lowest BCUT2D eigenvalue weighted by molar-refractivity contribution is -0.118. The number of anilines is 1. The Bertz CT molecular complexity index is 1140. The Morgan fingerprint density at radius 1 is 1.03 bits per heavy atom. The molecule has 0 bridgehead atoms. The number of hydrogen-bond donors (Lipinski definition) is 1. The zero-order chi connectivity index (χ0) is 20.8. The van der Waals surface area contributed by atoms with Gasteiger partial charge in [-0.15, -0.1) is 11.3 Å². The van der Waals surface area contributed by atoms with Crippen LogP contribution in [0.1, 0.15) is 12.5 Å². The number of nitrogens with zero attached hydrogens (tertiary/aromatic N) is 2. The maximum Gasteiger partial charge on any atom is 0.262 e. The smallest absolute Gasteiger partial charge is 0.262 e. The largest absolute Gasteiger partial charge is 0.483 e. The molecule has 0 spiro atoms. The van der Waals surface area contributed by atoms with E-state index in [1.54, 1.807) is 17.5 Å². The number of amides is 1. The van der Waals surface area contributed by atoms with Crippen LogP contribution in [0.15, 0.2) is 78.3 Å². The quantitative estimate of drug-likeness (QED) is 0.436. The molecule has 2 heterocycles. The van der Waals surface area contributed by atoms with Gasteiger partial charge in [-0.05, 0) is 42.3 Å². The van der Waals surface area contributed by atoms with E-state index >= 15 is 0 Å². The molecule has 0 atom stereocenters. The molecule has 0 saturated carbocycles.